The largest absolute Gasteiger partial charge is 0.295 e. The Morgan fingerprint density at radius 2 is 0.391 bits per heavy atom. The molecule has 39 nitrogen and oxygen atoms in total. The topological polar surface area (TPSA) is 707 Å². The van der Waals surface area contributed by atoms with Crippen molar-refractivity contribution in [3.05, 3.63) is 115 Å². The van der Waals surface area contributed by atoms with Crippen LogP contribution >= 0.6 is 0 Å². The zero-order valence-corrected chi connectivity index (χ0v) is 53.8. The number of rotatable bonds is 13. The third kappa shape index (κ3) is 18.5. The fraction of sp³-hybridized carbons (Fsp3) is 0. The number of hydrogen-bond acceptors (Lipinski definition) is 26. The summed E-state index contributed by atoms with van der Waals surface area (Å²) >= 11 is 0. The molecule has 0 aliphatic heterocycles. The highest BCUT2D eigenvalue weighted by Gasteiger charge is 2.30. The molecule has 52 heteroatoms. The SMILES string of the molecule is O=S(=O)(O)c1cc(S(=O)(=O)O)c2cc(S(=O)(=O)O)cc(S(=O)(=O)O)c2c1.O=S(=O)(O)c1cc(S(=O)(=O)O)c2cc(S(=O)(=O)O)ccc2c1.O=S(=O)(O)c1cc(S(=O)(=O)O)c2cccc(S(=O)(=O)O)c2c1.O=S(=O)(O)c1ccc2c(S(=O)(=O)O)cc(S(=O)(=O)O)cc2c1. The van der Waals surface area contributed by atoms with E-state index < -0.39 is 211 Å². The number of fused-ring (bicyclic) bond motifs is 4. The molecule has 0 saturated carbocycles. The summed E-state index contributed by atoms with van der Waals surface area (Å²) in [5.41, 5.74) is 0. The van der Waals surface area contributed by atoms with Crippen LogP contribution in [0.1, 0.15) is 0 Å². The Labute approximate surface area is 518 Å². The first-order valence-electron chi connectivity index (χ1n) is 21.9. The van der Waals surface area contributed by atoms with Gasteiger partial charge in [-0.05, 0) is 102 Å². The van der Waals surface area contributed by atoms with Gasteiger partial charge < -0.3 is 0 Å². The molecule has 0 atom stereocenters. The molecule has 0 amide bonds. The first kappa shape index (κ1) is 76.3. The van der Waals surface area contributed by atoms with Crippen LogP contribution in [0.3, 0.4) is 0 Å². The van der Waals surface area contributed by atoms with Gasteiger partial charge in [0.2, 0.25) is 0 Å². The molecular weight excluding hydrogens is 1520 g/mol. The van der Waals surface area contributed by atoms with E-state index in [1.807, 2.05) is 0 Å². The molecule has 92 heavy (non-hydrogen) atoms. The highest BCUT2D eigenvalue weighted by molar-refractivity contribution is 7.89. The van der Waals surface area contributed by atoms with Crippen molar-refractivity contribution in [1.82, 2.24) is 0 Å². The summed E-state index contributed by atoms with van der Waals surface area (Å²) in [4.78, 5) is -12.3. The van der Waals surface area contributed by atoms with Crippen molar-refractivity contribution in [1.29, 1.82) is 0 Å². The third-order valence-corrected chi connectivity index (χ3v) is 22.5. The third-order valence-electron chi connectivity index (χ3n) is 11.3. The Balaban J connectivity index is 0.000000223. The molecular formula is C40H32O39S13. The van der Waals surface area contributed by atoms with Gasteiger partial charge in [-0.25, -0.2) is 0 Å². The predicted molar refractivity (Wildman–Crippen MR) is 303 cm³/mol. The maximum atomic E-state index is 11.5. The van der Waals surface area contributed by atoms with E-state index in [1.54, 1.807) is 0 Å². The Kier molecular flexibility index (Phi) is 20.8. The van der Waals surface area contributed by atoms with Crippen molar-refractivity contribution in [2.75, 3.05) is 0 Å². The Morgan fingerprint density at radius 1 is 0.163 bits per heavy atom. The molecule has 0 heterocycles. The summed E-state index contributed by atoms with van der Waals surface area (Å²) in [7, 11) is -64.0. The molecule has 0 bridgehead atoms. The molecule has 504 valence electrons. The maximum Gasteiger partial charge on any atom is 0.295 e. The second-order valence-corrected chi connectivity index (χ2v) is 35.8. The molecule has 8 aromatic carbocycles. The summed E-state index contributed by atoms with van der Waals surface area (Å²) in [5.74, 6) is 0. The van der Waals surface area contributed by atoms with Gasteiger partial charge in [-0.15, -0.1) is 0 Å². The molecule has 8 rings (SSSR count). The lowest BCUT2D eigenvalue weighted by molar-refractivity contribution is 0.475. The van der Waals surface area contributed by atoms with E-state index in [9.17, 15) is 119 Å². The molecule has 0 spiro atoms. The summed E-state index contributed by atoms with van der Waals surface area (Å²) in [6, 6.07) is 13.5. The standard InChI is InChI=1S/C10H8O12S4.3C10H8O9S3/c11-23(12,13)5-1-7-8(10(3-5)26(20,21)22)2-6(24(14,15)16)4-9(7)25(17,18)19;11-20(12,13)7-1-2-9-6(3-7)4-8(21(14,15)16)5-10(9)22(17,18)19;11-20(12,13)7-2-1-6-3-8(21(14,15)16)5-10(9(6)4-7)22(17,18)19;11-20(12,13)6-4-8-7(10(5-6)22(17,18)19)2-1-3-9(8)21(14,15)16/h1-4H,(H,11,12,13)(H,14,15,16)(H,17,18,19)(H,20,21,22);3*1-5H,(H,11,12,13)(H,14,15,16)(H,17,18,19). The number of hydrogen-bond donors (Lipinski definition) is 13. The van der Waals surface area contributed by atoms with Crippen LogP contribution in [0, 0.1) is 0 Å². The molecule has 8 aromatic rings. The van der Waals surface area contributed by atoms with Gasteiger partial charge in [0.05, 0.1) is 34.3 Å². The van der Waals surface area contributed by atoms with Gasteiger partial charge in [0, 0.05) is 32.3 Å². The van der Waals surface area contributed by atoms with Gasteiger partial charge >= 0.3 is 0 Å². The van der Waals surface area contributed by atoms with Gasteiger partial charge in [0.25, 0.3) is 132 Å². The summed E-state index contributed by atoms with van der Waals surface area (Å²) in [5, 5.41) is -3.41. The fourth-order valence-electron chi connectivity index (χ4n) is 7.56. The van der Waals surface area contributed by atoms with Gasteiger partial charge in [0.1, 0.15) is 29.4 Å². The van der Waals surface area contributed by atoms with Crippen LogP contribution in [0.2, 0.25) is 0 Å². The maximum absolute atomic E-state index is 11.5. The van der Waals surface area contributed by atoms with Crippen molar-refractivity contribution >= 4 is 175 Å². The molecule has 0 aliphatic carbocycles. The minimum atomic E-state index is -5.27. The normalized spacial score (nSPS) is 13.5. The van der Waals surface area contributed by atoms with Gasteiger partial charge in [-0.2, -0.15) is 109 Å². The molecule has 0 saturated heterocycles. The van der Waals surface area contributed by atoms with Crippen molar-refractivity contribution in [2.45, 2.75) is 63.6 Å². The first-order valence-corrected chi connectivity index (χ1v) is 40.6. The first-order chi connectivity index (χ1) is 40.8. The lowest BCUT2D eigenvalue weighted by Crippen LogP contribution is -2.09. The summed E-state index contributed by atoms with van der Waals surface area (Å²) < 4.78 is 411. The number of benzene rings is 8. The minimum Gasteiger partial charge on any atom is -0.282 e. The van der Waals surface area contributed by atoms with E-state index in [-0.39, 0.29) is 39.1 Å². The minimum absolute atomic E-state index is 0.0878. The monoisotopic (exact) mass is 1550 g/mol. The Bertz CT molecular complexity index is 5940. The van der Waals surface area contributed by atoms with E-state index >= 15 is 0 Å². The second kappa shape index (κ2) is 25.1. The van der Waals surface area contributed by atoms with Crippen LogP contribution in [0.5, 0.6) is 0 Å². The van der Waals surface area contributed by atoms with Crippen LogP contribution in [-0.2, 0) is 132 Å². The molecule has 0 unspecified atom stereocenters. The van der Waals surface area contributed by atoms with Crippen LogP contribution < -0.4 is 0 Å². The van der Waals surface area contributed by atoms with Gasteiger partial charge in [-0.3, -0.25) is 59.2 Å². The summed E-state index contributed by atoms with van der Waals surface area (Å²) in [6.07, 6.45) is 0. The highest BCUT2D eigenvalue weighted by atomic mass is 32.3. The van der Waals surface area contributed by atoms with Crippen molar-refractivity contribution < 1.29 is 169 Å². The predicted octanol–water partition coefficient (Wildman–Crippen LogP) is 1.57. The fourth-order valence-corrected chi connectivity index (χ4v) is 16.0. The van der Waals surface area contributed by atoms with E-state index in [2.05, 4.69) is 0 Å². The van der Waals surface area contributed by atoms with E-state index in [0.717, 1.165) is 66.7 Å². The smallest absolute Gasteiger partial charge is 0.282 e. The van der Waals surface area contributed by atoms with Crippen molar-refractivity contribution in [3.8, 4) is 0 Å². The lowest BCUT2D eigenvalue weighted by Gasteiger charge is -2.11. The zero-order valence-electron chi connectivity index (χ0n) is 43.2. The highest BCUT2D eigenvalue weighted by Crippen LogP contribution is 2.36. The molecule has 13 N–H and O–H groups in total. The van der Waals surface area contributed by atoms with Gasteiger partial charge in [-0.1, -0.05) is 24.3 Å². The van der Waals surface area contributed by atoms with E-state index in [0.29, 0.717) is 36.4 Å². The zero-order chi connectivity index (χ0) is 71.1. The van der Waals surface area contributed by atoms with Crippen LogP contribution in [-0.4, -0.2) is 169 Å². The lowest BCUT2D eigenvalue weighted by atomic mass is 10.1. The molecule has 0 aliphatic rings. The average Bonchev–Trinajstić information content (AvgIpc) is 0.770. The van der Waals surface area contributed by atoms with E-state index in [1.165, 1.54) is 0 Å². The van der Waals surface area contributed by atoms with Crippen LogP contribution in [0.25, 0.3) is 43.1 Å². The van der Waals surface area contributed by atoms with E-state index in [4.69, 9.17) is 50.1 Å². The Hall–Kier alpha value is -6.37. The molecule has 0 radical (unpaired) electrons. The van der Waals surface area contributed by atoms with Crippen LogP contribution in [0.15, 0.2) is 179 Å². The molecule has 0 aromatic heterocycles. The van der Waals surface area contributed by atoms with Crippen LogP contribution in [0.4, 0.5) is 0 Å². The summed E-state index contributed by atoms with van der Waals surface area (Å²) in [6.45, 7) is 0. The quantitative estimate of drug-likeness (QED) is 0.0729. The van der Waals surface area contributed by atoms with Crippen molar-refractivity contribution in [2.24, 2.45) is 0 Å². The van der Waals surface area contributed by atoms with Crippen molar-refractivity contribution in [3.63, 3.8) is 0 Å². The van der Waals surface area contributed by atoms with Gasteiger partial charge in [0.15, 0.2) is 0 Å². The molecule has 0 fully saturated rings. The average molecular weight is 1550 g/mol. The Morgan fingerprint density at radius 3 is 0.707 bits per heavy atom. The second-order valence-electron chi connectivity index (χ2n) is 17.5.